The van der Waals surface area contributed by atoms with E-state index in [-0.39, 0.29) is 11.9 Å². The molecule has 1 aromatic heterocycles. The van der Waals surface area contributed by atoms with Crippen molar-refractivity contribution in [2.45, 2.75) is 54.6 Å². The summed E-state index contributed by atoms with van der Waals surface area (Å²) in [6.45, 7) is 5.82. The summed E-state index contributed by atoms with van der Waals surface area (Å²) >= 11 is 3.34. The topological polar surface area (TPSA) is 54.3 Å². The molecule has 0 unspecified atom stereocenters. The van der Waals surface area contributed by atoms with Gasteiger partial charge in [-0.2, -0.15) is 0 Å². The molecule has 4 rings (SSSR count). The molecule has 2 heterocycles. The van der Waals surface area contributed by atoms with E-state index in [1.165, 1.54) is 22.2 Å². The Balaban J connectivity index is 1.57. The van der Waals surface area contributed by atoms with Crippen molar-refractivity contribution in [3.8, 4) is 0 Å². The highest BCUT2D eigenvalue weighted by atomic mass is 32.2. The van der Waals surface area contributed by atoms with Gasteiger partial charge in [-0.25, -0.2) is 0 Å². The molecule has 0 radical (unpaired) electrons. The van der Waals surface area contributed by atoms with E-state index < -0.39 is 0 Å². The zero-order valence-corrected chi connectivity index (χ0v) is 22.0. The van der Waals surface area contributed by atoms with E-state index in [9.17, 15) is 4.79 Å². The molecule has 1 aliphatic heterocycles. The molecule has 0 saturated carbocycles. The predicted octanol–water partition coefficient (Wildman–Crippen LogP) is 5.35. The summed E-state index contributed by atoms with van der Waals surface area (Å²) < 4.78 is 2.18. The van der Waals surface area contributed by atoms with Gasteiger partial charge in [0.1, 0.15) is 0 Å². The Morgan fingerprint density at radius 1 is 1.15 bits per heavy atom. The van der Waals surface area contributed by atoms with Gasteiger partial charge in [0.25, 0.3) is 0 Å². The maximum atomic E-state index is 13.4. The van der Waals surface area contributed by atoms with Gasteiger partial charge in [0, 0.05) is 16.7 Å². The number of para-hydroxylation sites is 1. The summed E-state index contributed by atoms with van der Waals surface area (Å²) in [6, 6.07) is 18.8. The number of carbonyl (C=O) groups excluding carboxylic acids is 1. The van der Waals surface area contributed by atoms with Crippen LogP contribution in [0.3, 0.4) is 0 Å². The number of carbonyl (C=O) groups is 1. The second kappa shape index (κ2) is 11.4. The lowest BCUT2D eigenvalue weighted by Gasteiger charge is -2.24. The molecule has 0 fully saturated rings. The molecule has 2 aromatic carbocycles. The second-order valence-electron chi connectivity index (χ2n) is 8.82. The van der Waals surface area contributed by atoms with Crippen LogP contribution in [0.5, 0.6) is 0 Å². The first kappa shape index (κ1) is 24.8. The summed E-state index contributed by atoms with van der Waals surface area (Å²) in [5.41, 5.74) is 2.21. The third-order valence-corrected chi connectivity index (χ3v) is 8.30. The zero-order valence-electron chi connectivity index (χ0n) is 20.3. The first-order chi connectivity index (χ1) is 16.5. The van der Waals surface area contributed by atoms with Crippen LogP contribution >= 0.6 is 23.5 Å². The van der Waals surface area contributed by atoms with Crippen molar-refractivity contribution in [3.63, 3.8) is 0 Å². The lowest BCUT2D eigenvalue weighted by atomic mass is 10.2. The SMILES string of the molecule is CC[C@H](c1nnc(SCC(=O)N2CC[C@@H](C)Sc3ccccc32)n1Cc1ccccc1)N(C)C. The van der Waals surface area contributed by atoms with Gasteiger partial charge in [-0.05, 0) is 44.6 Å². The Hall–Kier alpha value is -2.29. The van der Waals surface area contributed by atoms with E-state index in [4.69, 9.17) is 0 Å². The van der Waals surface area contributed by atoms with E-state index in [0.717, 1.165) is 36.1 Å². The Bertz CT molecular complexity index is 1100. The van der Waals surface area contributed by atoms with Crippen molar-refractivity contribution in [3.05, 3.63) is 66.0 Å². The Labute approximate surface area is 211 Å². The molecule has 34 heavy (non-hydrogen) atoms. The van der Waals surface area contributed by atoms with Crippen LogP contribution in [0.1, 0.15) is 44.1 Å². The third-order valence-electron chi connectivity index (χ3n) is 6.11. The number of rotatable bonds is 8. The van der Waals surface area contributed by atoms with Crippen molar-refractivity contribution in [2.24, 2.45) is 0 Å². The molecule has 3 aromatic rings. The number of hydrogen-bond acceptors (Lipinski definition) is 6. The summed E-state index contributed by atoms with van der Waals surface area (Å²) in [4.78, 5) is 18.7. The summed E-state index contributed by atoms with van der Waals surface area (Å²) in [7, 11) is 4.14. The number of fused-ring (bicyclic) bond motifs is 1. The largest absolute Gasteiger partial charge is 0.311 e. The van der Waals surface area contributed by atoms with Crippen LogP contribution in [0.15, 0.2) is 64.6 Å². The van der Waals surface area contributed by atoms with E-state index >= 15 is 0 Å². The van der Waals surface area contributed by atoms with Crippen LogP contribution < -0.4 is 4.90 Å². The lowest BCUT2D eigenvalue weighted by molar-refractivity contribution is -0.116. The molecule has 0 bridgehead atoms. The molecule has 1 aliphatic rings. The van der Waals surface area contributed by atoms with E-state index in [0.29, 0.717) is 17.5 Å². The van der Waals surface area contributed by atoms with Crippen molar-refractivity contribution < 1.29 is 4.79 Å². The van der Waals surface area contributed by atoms with Crippen molar-refractivity contribution in [1.29, 1.82) is 0 Å². The molecular weight excluding hydrogens is 462 g/mol. The minimum absolute atomic E-state index is 0.114. The minimum Gasteiger partial charge on any atom is -0.311 e. The number of aromatic nitrogens is 3. The molecule has 6 nitrogen and oxygen atoms in total. The fourth-order valence-corrected chi connectivity index (χ4v) is 6.23. The maximum Gasteiger partial charge on any atom is 0.237 e. The minimum atomic E-state index is 0.114. The van der Waals surface area contributed by atoms with Gasteiger partial charge < -0.3 is 9.47 Å². The number of thioether (sulfide) groups is 2. The average Bonchev–Trinajstić information content (AvgIpc) is 3.12. The number of anilines is 1. The summed E-state index contributed by atoms with van der Waals surface area (Å²) in [5.74, 6) is 1.39. The number of benzene rings is 2. The van der Waals surface area contributed by atoms with Crippen LogP contribution in [0.2, 0.25) is 0 Å². The molecule has 0 N–H and O–H groups in total. The van der Waals surface area contributed by atoms with Gasteiger partial charge in [0.2, 0.25) is 5.91 Å². The van der Waals surface area contributed by atoms with Crippen molar-refractivity contribution in [2.75, 3.05) is 31.3 Å². The van der Waals surface area contributed by atoms with Crippen LogP contribution in [-0.2, 0) is 11.3 Å². The normalized spacial score (nSPS) is 16.9. The van der Waals surface area contributed by atoms with Gasteiger partial charge >= 0.3 is 0 Å². The molecule has 8 heteroatoms. The monoisotopic (exact) mass is 495 g/mol. The predicted molar refractivity (Wildman–Crippen MR) is 142 cm³/mol. The lowest BCUT2D eigenvalue weighted by Crippen LogP contribution is -2.33. The van der Waals surface area contributed by atoms with Crippen molar-refractivity contribution >= 4 is 35.1 Å². The van der Waals surface area contributed by atoms with Gasteiger partial charge in [0.05, 0.1) is 24.0 Å². The van der Waals surface area contributed by atoms with E-state index in [1.807, 2.05) is 34.9 Å². The first-order valence-electron chi connectivity index (χ1n) is 11.8. The fraction of sp³-hybridized carbons (Fsp3) is 0.423. The maximum absolute atomic E-state index is 13.4. The van der Waals surface area contributed by atoms with Gasteiger partial charge in [0.15, 0.2) is 11.0 Å². The van der Waals surface area contributed by atoms with Crippen LogP contribution in [-0.4, -0.2) is 57.2 Å². The quantitative estimate of drug-likeness (QED) is 0.393. The Kier molecular flexibility index (Phi) is 8.34. The van der Waals surface area contributed by atoms with E-state index in [1.54, 1.807) is 0 Å². The molecule has 0 aliphatic carbocycles. The second-order valence-corrected chi connectivity index (χ2v) is 11.2. The molecular formula is C26H33N5OS2. The van der Waals surface area contributed by atoms with Crippen LogP contribution in [0.25, 0.3) is 0 Å². The summed E-state index contributed by atoms with van der Waals surface area (Å²) in [5, 5.41) is 10.4. The highest BCUT2D eigenvalue weighted by molar-refractivity contribution is 8.00. The van der Waals surface area contributed by atoms with Gasteiger partial charge in [-0.1, -0.05) is 68.1 Å². The highest BCUT2D eigenvalue weighted by Crippen LogP contribution is 2.37. The Morgan fingerprint density at radius 2 is 1.88 bits per heavy atom. The molecule has 180 valence electrons. The molecule has 0 spiro atoms. The number of amides is 1. The smallest absolute Gasteiger partial charge is 0.237 e. The van der Waals surface area contributed by atoms with Crippen LogP contribution in [0, 0.1) is 0 Å². The van der Waals surface area contributed by atoms with Crippen molar-refractivity contribution in [1.82, 2.24) is 19.7 Å². The Morgan fingerprint density at radius 3 is 2.62 bits per heavy atom. The zero-order chi connectivity index (χ0) is 24.1. The van der Waals surface area contributed by atoms with Gasteiger partial charge in [-0.15, -0.1) is 22.0 Å². The highest BCUT2D eigenvalue weighted by Gasteiger charge is 2.26. The fourth-order valence-electron chi connectivity index (χ4n) is 4.30. The molecule has 2 atom stereocenters. The average molecular weight is 496 g/mol. The van der Waals surface area contributed by atoms with E-state index in [2.05, 4.69) is 84.0 Å². The summed E-state index contributed by atoms with van der Waals surface area (Å²) in [6.07, 6.45) is 1.91. The van der Waals surface area contributed by atoms with Crippen LogP contribution in [0.4, 0.5) is 5.69 Å². The number of hydrogen-bond donors (Lipinski definition) is 0. The molecule has 1 amide bonds. The standard InChI is InChI=1S/C26H33N5OS2/c1-5-21(29(3)4)25-27-28-26(31(25)17-20-11-7-6-8-12-20)33-18-24(32)30-16-15-19(2)34-23-14-10-9-13-22(23)30/h6-14,19,21H,5,15-18H2,1-4H3/t19-,21-/m1/s1. The molecule has 0 saturated heterocycles. The third kappa shape index (κ3) is 5.67. The van der Waals surface area contributed by atoms with Gasteiger partial charge in [-0.3, -0.25) is 9.69 Å². The first-order valence-corrected chi connectivity index (χ1v) is 13.7. The number of nitrogens with zero attached hydrogens (tertiary/aromatic N) is 5.